The molecule has 1 heterocycles. The minimum Gasteiger partial charge on any atom is -0.395 e. The lowest BCUT2D eigenvalue weighted by Gasteiger charge is -2.37. The van der Waals surface area contributed by atoms with Gasteiger partial charge in [-0.15, -0.1) is 11.3 Å². The highest BCUT2D eigenvalue weighted by molar-refractivity contribution is 7.10. The molecular weight excluding hydrogens is 282 g/mol. The predicted octanol–water partition coefficient (Wildman–Crippen LogP) is 3.32. The maximum absolute atomic E-state index is 13.1. The van der Waals surface area contributed by atoms with Crippen molar-refractivity contribution in [3.63, 3.8) is 0 Å². The molecule has 0 spiro atoms. The summed E-state index contributed by atoms with van der Waals surface area (Å²) >= 11 is 1.79. The summed E-state index contributed by atoms with van der Waals surface area (Å²) in [6.45, 7) is 0.574. The molecule has 2 aliphatic rings. The molecule has 1 unspecified atom stereocenters. The van der Waals surface area contributed by atoms with E-state index in [0.29, 0.717) is 12.6 Å². The van der Waals surface area contributed by atoms with E-state index in [4.69, 9.17) is 0 Å². The van der Waals surface area contributed by atoms with Crippen LogP contribution in [0.15, 0.2) is 11.4 Å². The zero-order chi connectivity index (χ0) is 14.7. The number of hydrogen-bond donors (Lipinski definition) is 1. The second-order valence-corrected chi connectivity index (χ2v) is 7.29. The van der Waals surface area contributed by atoms with Crippen molar-refractivity contribution in [2.24, 2.45) is 0 Å². The number of carbonyl (C=O) groups excluding carboxylic acids is 1. The Morgan fingerprint density at radius 1 is 1.24 bits per heavy atom. The predicted molar refractivity (Wildman–Crippen MR) is 85.7 cm³/mol. The molecule has 116 valence electrons. The Kier molecular flexibility index (Phi) is 4.96. The van der Waals surface area contributed by atoms with Crippen LogP contribution in [0.4, 0.5) is 0 Å². The first-order chi connectivity index (χ1) is 10.3. The van der Waals surface area contributed by atoms with E-state index in [9.17, 15) is 9.90 Å². The van der Waals surface area contributed by atoms with Gasteiger partial charge in [0, 0.05) is 17.5 Å². The van der Waals surface area contributed by atoms with E-state index in [1.54, 1.807) is 11.3 Å². The molecule has 1 N–H and O–H groups in total. The normalized spacial score (nSPS) is 22.8. The Morgan fingerprint density at radius 2 is 2.05 bits per heavy atom. The lowest BCUT2D eigenvalue weighted by Crippen LogP contribution is -2.45. The van der Waals surface area contributed by atoms with Crippen LogP contribution in [0.1, 0.15) is 61.3 Å². The Balaban J connectivity index is 1.78. The minimum absolute atomic E-state index is 0.0356. The zero-order valence-corrected chi connectivity index (χ0v) is 13.4. The van der Waals surface area contributed by atoms with Gasteiger partial charge in [0.05, 0.1) is 12.5 Å². The number of aryl methyl sites for hydroxylation is 1. The van der Waals surface area contributed by atoms with E-state index in [1.807, 2.05) is 4.90 Å². The van der Waals surface area contributed by atoms with Gasteiger partial charge in [-0.2, -0.15) is 0 Å². The summed E-state index contributed by atoms with van der Waals surface area (Å²) in [7, 11) is 0. The maximum Gasteiger partial charge on any atom is 0.230 e. The van der Waals surface area contributed by atoms with Crippen LogP contribution in [-0.2, 0) is 11.2 Å². The van der Waals surface area contributed by atoms with Crippen LogP contribution in [0.25, 0.3) is 0 Å². The number of fused-ring (bicyclic) bond motifs is 1. The van der Waals surface area contributed by atoms with Gasteiger partial charge in [0.15, 0.2) is 0 Å². The summed E-state index contributed by atoms with van der Waals surface area (Å²) in [5.41, 5.74) is 1.26. The SMILES string of the molecule is O=C(C1CCCc2sccc21)N(CCO)C1CCCCC1. The third kappa shape index (κ3) is 3.16. The number of aliphatic hydroxyl groups excluding tert-OH is 1. The highest BCUT2D eigenvalue weighted by Crippen LogP contribution is 2.37. The van der Waals surface area contributed by atoms with Gasteiger partial charge >= 0.3 is 0 Å². The molecular formula is C17H25NO2S. The van der Waals surface area contributed by atoms with Crippen molar-refractivity contribution in [2.45, 2.75) is 63.3 Å². The van der Waals surface area contributed by atoms with Crippen LogP contribution >= 0.6 is 11.3 Å². The van der Waals surface area contributed by atoms with Crippen LogP contribution in [0.2, 0.25) is 0 Å². The first kappa shape index (κ1) is 15.0. The number of amides is 1. The Morgan fingerprint density at radius 3 is 2.81 bits per heavy atom. The van der Waals surface area contributed by atoms with E-state index < -0.39 is 0 Å². The molecule has 0 bridgehead atoms. The molecule has 0 radical (unpaired) electrons. The fraction of sp³-hybridized carbons (Fsp3) is 0.706. The van der Waals surface area contributed by atoms with Gasteiger partial charge in [-0.05, 0) is 49.1 Å². The second-order valence-electron chi connectivity index (χ2n) is 6.29. The van der Waals surface area contributed by atoms with Crippen LogP contribution in [0.5, 0.6) is 0 Å². The topological polar surface area (TPSA) is 40.5 Å². The summed E-state index contributed by atoms with van der Waals surface area (Å²) in [6, 6.07) is 2.49. The number of thiophene rings is 1. The van der Waals surface area contributed by atoms with Crippen molar-refractivity contribution in [3.05, 3.63) is 21.9 Å². The summed E-state index contributed by atoms with van der Waals surface area (Å²) < 4.78 is 0. The van der Waals surface area contributed by atoms with E-state index in [-0.39, 0.29) is 18.4 Å². The van der Waals surface area contributed by atoms with Crippen molar-refractivity contribution in [1.29, 1.82) is 0 Å². The van der Waals surface area contributed by atoms with Crippen molar-refractivity contribution in [1.82, 2.24) is 4.90 Å². The summed E-state index contributed by atoms with van der Waals surface area (Å²) in [4.78, 5) is 16.5. The minimum atomic E-state index is 0.0356. The molecule has 4 heteroatoms. The van der Waals surface area contributed by atoms with E-state index in [2.05, 4.69) is 11.4 Å². The van der Waals surface area contributed by atoms with Crippen molar-refractivity contribution >= 4 is 17.2 Å². The van der Waals surface area contributed by atoms with Crippen molar-refractivity contribution in [2.75, 3.05) is 13.2 Å². The van der Waals surface area contributed by atoms with E-state index >= 15 is 0 Å². The highest BCUT2D eigenvalue weighted by atomic mass is 32.1. The molecule has 21 heavy (non-hydrogen) atoms. The molecule has 0 saturated heterocycles. The number of rotatable bonds is 4. The summed E-state index contributed by atoms with van der Waals surface area (Å²) in [6.07, 6.45) is 9.14. The molecule has 3 rings (SSSR count). The first-order valence-corrected chi connectivity index (χ1v) is 9.17. The van der Waals surface area contributed by atoms with E-state index in [1.165, 1.54) is 29.7 Å². The number of hydrogen-bond acceptors (Lipinski definition) is 3. The second kappa shape index (κ2) is 6.93. The fourth-order valence-corrected chi connectivity index (χ4v) is 4.90. The fourth-order valence-electron chi connectivity index (χ4n) is 3.92. The first-order valence-electron chi connectivity index (χ1n) is 8.29. The van der Waals surface area contributed by atoms with Gasteiger partial charge in [0.1, 0.15) is 0 Å². The molecule has 1 atom stereocenters. The molecule has 1 amide bonds. The largest absolute Gasteiger partial charge is 0.395 e. The maximum atomic E-state index is 13.1. The van der Waals surface area contributed by atoms with Gasteiger partial charge < -0.3 is 10.0 Å². The van der Waals surface area contributed by atoms with Crippen molar-refractivity contribution < 1.29 is 9.90 Å². The number of nitrogens with zero attached hydrogens (tertiary/aromatic N) is 1. The summed E-state index contributed by atoms with van der Waals surface area (Å²) in [5, 5.41) is 11.5. The molecule has 1 fully saturated rings. The van der Waals surface area contributed by atoms with Gasteiger partial charge in [0.25, 0.3) is 0 Å². The van der Waals surface area contributed by atoms with Gasteiger partial charge in [0.2, 0.25) is 5.91 Å². The highest BCUT2D eigenvalue weighted by Gasteiger charge is 2.33. The Bertz CT molecular complexity index is 479. The number of carbonyl (C=O) groups is 1. The van der Waals surface area contributed by atoms with Gasteiger partial charge in [-0.25, -0.2) is 0 Å². The monoisotopic (exact) mass is 307 g/mol. The molecule has 1 aromatic rings. The lowest BCUT2D eigenvalue weighted by molar-refractivity contribution is -0.136. The molecule has 3 nitrogen and oxygen atoms in total. The molecule has 2 aliphatic carbocycles. The Hall–Kier alpha value is -0.870. The third-order valence-corrected chi connectivity index (χ3v) is 5.99. The molecule has 0 aliphatic heterocycles. The average molecular weight is 307 g/mol. The van der Waals surface area contributed by atoms with Gasteiger partial charge in [-0.3, -0.25) is 4.79 Å². The number of aliphatic hydroxyl groups is 1. The molecule has 1 aromatic heterocycles. The van der Waals surface area contributed by atoms with Crippen LogP contribution in [-0.4, -0.2) is 35.1 Å². The standard InChI is InChI=1S/C17H25NO2S/c19-11-10-18(13-5-2-1-3-6-13)17(20)15-7-4-8-16-14(15)9-12-21-16/h9,12-13,15,19H,1-8,10-11H2. The lowest BCUT2D eigenvalue weighted by atomic mass is 9.85. The third-order valence-electron chi connectivity index (χ3n) is 4.99. The quantitative estimate of drug-likeness (QED) is 0.927. The van der Waals surface area contributed by atoms with Crippen molar-refractivity contribution in [3.8, 4) is 0 Å². The van der Waals surface area contributed by atoms with Crippen LogP contribution in [0.3, 0.4) is 0 Å². The van der Waals surface area contributed by atoms with Gasteiger partial charge in [-0.1, -0.05) is 19.3 Å². The molecule has 0 aromatic carbocycles. The zero-order valence-electron chi connectivity index (χ0n) is 12.6. The van der Waals surface area contributed by atoms with E-state index in [0.717, 1.165) is 32.1 Å². The summed E-state index contributed by atoms with van der Waals surface area (Å²) in [5.74, 6) is 0.295. The smallest absolute Gasteiger partial charge is 0.230 e. The van der Waals surface area contributed by atoms with Crippen LogP contribution < -0.4 is 0 Å². The average Bonchev–Trinajstić information content (AvgIpc) is 3.01. The molecule has 1 saturated carbocycles. The Labute approximate surface area is 131 Å². The van der Waals surface area contributed by atoms with Crippen LogP contribution in [0, 0.1) is 0 Å².